The third kappa shape index (κ3) is 2.72. The minimum Gasteiger partial charge on any atom is -0.391 e. The summed E-state index contributed by atoms with van der Waals surface area (Å²) in [5.41, 5.74) is 1.82. The molecule has 1 aromatic carbocycles. The van der Waals surface area contributed by atoms with Crippen molar-refractivity contribution in [2.75, 3.05) is 44.2 Å². The van der Waals surface area contributed by atoms with Gasteiger partial charge in [0.1, 0.15) is 18.7 Å². The fourth-order valence-electron chi connectivity index (χ4n) is 3.28. The van der Waals surface area contributed by atoms with E-state index >= 15 is 0 Å². The van der Waals surface area contributed by atoms with E-state index in [1.807, 2.05) is 41.2 Å². The van der Waals surface area contributed by atoms with Crippen LogP contribution in [0.2, 0.25) is 0 Å². The lowest BCUT2D eigenvalue weighted by Gasteiger charge is -2.32. The van der Waals surface area contributed by atoms with Crippen molar-refractivity contribution in [3.63, 3.8) is 0 Å². The van der Waals surface area contributed by atoms with Crippen LogP contribution in [0, 0.1) is 0 Å². The first-order valence-electron chi connectivity index (χ1n) is 8.30. The van der Waals surface area contributed by atoms with Crippen LogP contribution in [-0.2, 0) is 0 Å². The van der Waals surface area contributed by atoms with Gasteiger partial charge in [-0.05, 0) is 12.1 Å². The normalized spacial score (nSPS) is 16.0. The monoisotopic (exact) mass is 325 g/mol. The number of piperazine rings is 1. The molecule has 3 heterocycles. The number of hydrogen-bond acceptors (Lipinski definition) is 5. The molecule has 2 N–H and O–H groups in total. The van der Waals surface area contributed by atoms with Gasteiger partial charge in [0.05, 0.1) is 50.1 Å². The van der Waals surface area contributed by atoms with Crippen molar-refractivity contribution >= 4 is 16.9 Å². The summed E-state index contributed by atoms with van der Waals surface area (Å²) >= 11 is 0. The zero-order chi connectivity index (χ0) is 16.4. The Hall–Kier alpha value is -2.51. The predicted octanol–water partition coefficient (Wildman–Crippen LogP) is -0.487. The van der Waals surface area contributed by atoms with Gasteiger partial charge >= 0.3 is 0 Å². The number of nitrogens with one attached hydrogen (secondary N) is 1. The van der Waals surface area contributed by atoms with Gasteiger partial charge in [-0.1, -0.05) is 18.2 Å². The van der Waals surface area contributed by atoms with Crippen LogP contribution >= 0.6 is 0 Å². The maximum atomic E-state index is 9.09. The van der Waals surface area contributed by atoms with Crippen LogP contribution in [0.1, 0.15) is 0 Å². The highest BCUT2D eigenvalue weighted by molar-refractivity contribution is 5.87. The van der Waals surface area contributed by atoms with Crippen molar-refractivity contribution in [2.45, 2.75) is 0 Å². The van der Waals surface area contributed by atoms with Crippen LogP contribution < -0.4 is 9.80 Å². The van der Waals surface area contributed by atoms with Gasteiger partial charge < -0.3 is 14.9 Å². The number of quaternary nitrogens is 1. The quantitative estimate of drug-likeness (QED) is 0.677. The minimum absolute atomic E-state index is 0.247. The Kier molecular flexibility index (Phi) is 4.10. The predicted molar refractivity (Wildman–Crippen MR) is 91.5 cm³/mol. The number of aliphatic hydroxyl groups is 1. The molecule has 0 amide bonds. The van der Waals surface area contributed by atoms with E-state index in [-0.39, 0.29) is 6.61 Å². The van der Waals surface area contributed by atoms with Crippen molar-refractivity contribution in [3.05, 3.63) is 42.9 Å². The largest absolute Gasteiger partial charge is 0.391 e. The highest BCUT2D eigenvalue weighted by Crippen LogP contribution is 2.24. The van der Waals surface area contributed by atoms with Gasteiger partial charge in [-0.2, -0.15) is 5.10 Å². The van der Waals surface area contributed by atoms with Crippen LogP contribution in [0.25, 0.3) is 16.7 Å². The van der Waals surface area contributed by atoms with Gasteiger partial charge in [-0.25, -0.2) is 14.6 Å². The van der Waals surface area contributed by atoms with Crippen molar-refractivity contribution in [2.24, 2.45) is 0 Å². The summed E-state index contributed by atoms with van der Waals surface area (Å²) in [7, 11) is 0. The molecule has 0 spiro atoms. The molecule has 0 unspecified atom stereocenters. The summed E-state index contributed by atoms with van der Waals surface area (Å²) < 4.78 is 1.85. The molecule has 4 rings (SSSR count). The Labute approximate surface area is 140 Å². The molecule has 1 aliphatic heterocycles. The Balaban J connectivity index is 1.65. The number of aromatic nitrogens is 4. The molecule has 0 bridgehead atoms. The van der Waals surface area contributed by atoms with Gasteiger partial charge in [0.2, 0.25) is 0 Å². The second-order valence-corrected chi connectivity index (χ2v) is 6.04. The highest BCUT2D eigenvalue weighted by Gasteiger charge is 2.23. The fraction of sp³-hybridized carbons (Fsp3) is 0.353. The van der Waals surface area contributed by atoms with E-state index in [1.54, 1.807) is 6.33 Å². The SMILES string of the molecule is OCC[NH+]1CCN(c2ncnc3c2cnn3-c2ccccc2)CC1. The molecule has 0 radical (unpaired) electrons. The molecule has 7 heteroatoms. The number of anilines is 1. The van der Waals surface area contributed by atoms with E-state index in [0.717, 1.165) is 55.3 Å². The Bertz CT molecular complexity index is 810. The Morgan fingerprint density at radius 2 is 1.88 bits per heavy atom. The van der Waals surface area contributed by atoms with Gasteiger partial charge in [0, 0.05) is 0 Å². The van der Waals surface area contributed by atoms with Crippen LogP contribution in [0.5, 0.6) is 0 Å². The lowest BCUT2D eigenvalue weighted by atomic mass is 10.2. The number of nitrogens with zero attached hydrogens (tertiary/aromatic N) is 5. The minimum atomic E-state index is 0.247. The number of aliphatic hydroxyl groups excluding tert-OH is 1. The lowest BCUT2D eigenvalue weighted by molar-refractivity contribution is -0.900. The van der Waals surface area contributed by atoms with E-state index in [1.165, 1.54) is 4.90 Å². The number of hydrogen-bond donors (Lipinski definition) is 2. The summed E-state index contributed by atoms with van der Waals surface area (Å²) in [6.07, 6.45) is 3.47. The maximum Gasteiger partial charge on any atom is 0.168 e. The van der Waals surface area contributed by atoms with Gasteiger partial charge in [-0.3, -0.25) is 0 Å². The lowest BCUT2D eigenvalue weighted by Crippen LogP contribution is -3.15. The van der Waals surface area contributed by atoms with E-state index in [4.69, 9.17) is 5.11 Å². The van der Waals surface area contributed by atoms with Crippen LogP contribution in [0.4, 0.5) is 5.82 Å². The Morgan fingerprint density at radius 1 is 1.08 bits per heavy atom. The van der Waals surface area contributed by atoms with Crippen molar-refractivity contribution in [3.8, 4) is 5.69 Å². The molecular weight excluding hydrogens is 304 g/mol. The molecule has 1 saturated heterocycles. The molecule has 7 nitrogen and oxygen atoms in total. The summed E-state index contributed by atoms with van der Waals surface area (Å²) in [5, 5.41) is 14.6. The average Bonchev–Trinajstić information content (AvgIpc) is 3.08. The summed E-state index contributed by atoms with van der Waals surface area (Å²) in [6, 6.07) is 10.0. The van der Waals surface area contributed by atoms with Crippen molar-refractivity contribution in [1.29, 1.82) is 0 Å². The standard InChI is InChI=1S/C17H20N6O/c24-11-10-21-6-8-22(9-7-21)16-15-12-20-23(17(15)19-13-18-16)14-4-2-1-3-5-14/h1-5,12-13,24H,6-11H2/p+1. The molecule has 1 aliphatic rings. The summed E-state index contributed by atoms with van der Waals surface area (Å²) in [4.78, 5) is 12.7. The molecule has 0 aliphatic carbocycles. The molecular formula is C17H21N6O+. The molecule has 24 heavy (non-hydrogen) atoms. The van der Waals surface area contributed by atoms with Crippen molar-refractivity contribution in [1.82, 2.24) is 19.7 Å². The second-order valence-electron chi connectivity index (χ2n) is 6.04. The maximum absolute atomic E-state index is 9.09. The topological polar surface area (TPSA) is 71.5 Å². The smallest absolute Gasteiger partial charge is 0.168 e. The van der Waals surface area contributed by atoms with Gasteiger partial charge in [0.15, 0.2) is 5.65 Å². The van der Waals surface area contributed by atoms with Crippen molar-refractivity contribution < 1.29 is 10.0 Å². The van der Waals surface area contributed by atoms with Gasteiger partial charge in [-0.15, -0.1) is 0 Å². The Morgan fingerprint density at radius 3 is 2.62 bits per heavy atom. The van der Waals surface area contributed by atoms with E-state index in [0.29, 0.717) is 0 Å². The number of rotatable bonds is 4. The first kappa shape index (κ1) is 15.0. The number of benzene rings is 1. The average molecular weight is 325 g/mol. The highest BCUT2D eigenvalue weighted by atomic mass is 16.3. The molecule has 0 saturated carbocycles. The first-order valence-corrected chi connectivity index (χ1v) is 8.30. The fourth-order valence-corrected chi connectivity index (χ4v) is 3.28. The third-order valence-electron chi connectivity index (χ3n) is 4.58. The van der Waals surface area contributed by atoms with Crippen LogP contribution in [0.3, 0.4) is 0 Å². The number of para-hydroxylation sites is 1. The molecule has 2 aromatic heterocycles. The van der Waals surface area contributed by atoms with Crippen LogP contribution in [0.15, 0.2) is 42.9 Å². The second kappa shape index (κ2) is 6.54. The van der Waals surface area contributed by atoms with Crippen LogP contribution in [-0.4, -0.2) is 64.2 Å². The molecule has 124 valence electrons. The zero-order valence-corrected chi connectivity index (χ0v) is 13.5. The van der Waals surface area contributed by atoms with E-state index < -0.39 is 0 Å². The summed E-state index contributed by atoms with van der Waals surface area (Å²) in [6.45, 7) is 4.95. The molecule has 1 fully saturated rings. The first-order chi connectivity index (χ1) is 11.9. The number of fused-ring (bicyclic) bond motifs is 1. The summed E-state index contributed by atoms with van der Waals surface area (Å²) in [5.74, 6) is 0.949. The zero-order valence-electron chi connectivity index (χ0n) is 13.5. The molecule has 0 atom stereocenters. The van der Waals surface area contributed by atoms with Gasteiger partial charge in [0.25, 0.3) is 0 Å². The third-order valence-corrected chi connectivity index (χ3v) is 4.58. The molecule has 3 aromatic rings. The van der Waals surface area contributed by atoms with E-state index in [9.17, 15) is 0 Å². The van der Waals surface area contributed by atoms with E-state index in [2.05, 4.69) is 20.0 Å².